The summed E-state index contributed by atoms with van der Waals surface area (Å²) in [6, 6.07) is 14.3. The number of para-hydroxylation sites is 1. The molecule has 0 saturated heterocycles. The van der Waals surface area contributed by atoms with Gasteiger partial charge in [-0.1, -0.05) is 30.0 Å². The van der Waals surface area contributed by atoms with E-state index in [1.807, 2.05) is 18.2 Å². The highest BCUT2D eigenvalue weighted by atomic mass is 16.6. The van der Waals surface area contributed by atoms with Crippen LogP contribution >= 0.6 is 0 Å². The number of carbonyl (C=O) groups is 4. The number of fused-ring (bicyclic) bond motifs is 1. The van der Waals surface area contributed by atoms with E-state index in [4.69, 9.17) is 9.47 Å². The average Bonchev–Trinajstić information content (AvgIpc) is 2.98. The summed E-state index contributed by atoms with van der Waals surface area (Å²) in [6.45, 7) is 7.69. The molecule has 0 atom stereocenters. The number of carbonyl (C=O) groups excluding carboxylic acids is 4. The molecule has 1 aliphatic rings. The molecule has 0 bridgehead atoms. The van der Waals surface area contributed by atoms with Gasteiger partial charge in [0.25, 0.3) is 11.8 Å². The van der Waals surface area contributed by atoms with E-state index in [-0.39, 0.29) is 37.9 Å². The predicted molar refractivity (Wildman–Crippen MR) is 148 cm³/mol. The van der Waals surface area contributed by atoms with Crippen molar-refractivity contribution in [1.29, 1.82) is 0 Å². The number of hydrogen-bond acceptors (Lipinski definition) is 6. The Morgan fingerprint density at radius 3 is 2.51 bits per heavy atom. The predicted octanol–water partition coefficient (Wildman–Crippen LogP) is 4.42. The molecular weight excluding hydrogens is 498 g/mol. The van der Waals surface area contributed by atoms with Crippen LogP contribution in [-0.2, 0) is 19.1 Å². The fourth-order valence-corrected chi connectivity index (χ4v) is 3.94. The van der Waals surface area contributed by atoms with Gasteiger partial charge in [-0.3, -0.25) is 19.3 Å². The van der Waals surface area contributed by atoms with E-state index in [9.17, 15) is 19.2 Å². The van der Waals surface area contributed by atoms with Crippen molar-refractivity contribution in [1.82, 2.24) is 10.2 Å². The number of rotatable bonds is 8. The third-order valence-electron chi connectivity index (χ3n) is 5.62. The largest absolute Gasteiger partial charge is 0.466 e. The smallest absolute Gasteiger partial charge is 0.407 e. The average molecular weight is 534 g/mol. The summed E-state index contributed by atoms with van der Waals surface area (Å²) >= 11 is 0. The fourth-order valence-electron chi connectivity index (χ4n) is 3.94. The first kappa shape index (κ1) is 29.2. The van der Waals surface area contributed by atoms with Crippen molar-refractivity contribution in [2.75, 3.05) is 31.1 Å². The second-order valence-electron chi connectivity index (χ2n) is 9.91. The van der Waals surface area contributed by atoms with Crippen molar-refractivity contribution in [3.05, 3.63) is 59.7 Å². The van der Waals surface area contributed by atoms with Gasteiger partial charge in [0.15, 0.2) is 0 Å². The Bertz CT molecular complexity index is 1260. The van der Waals surface area contributed by atoms with Gasteiger partial charge < -0.3 is 19.7 Å². The number of hydrogen-bond donors (Lipinski definition) is 1. The molecule has 1 N–H and O–H groups in total. The Kier molecular flexibility index (Phi) is 10.1. The van der Waals surface area contributed by atoms with Gasteiger partial charge >= 0.3 is 12.1 Å². The molecule has 0 unspecified atom stereocenters. The molecule has 0 fully saturated rings. The van der Waals surface area contributed by atoms with Crippen molar-refractivity contribution in [3.8, 4) is 11.8 Å². The number of ether oxygens (including phenoxy) is 2. The Hall–Kier alpha value is -4.32. The SMILES string of the molecule is CCOC(=O)CCN1CC(=O)N(c2ccccc2)c2ccc(C#CCCCNC(=O)OC(C)(C)C)cc2C1=O. The minimum absolute atomic E-state index is 0.00957. The highest BCUT2D eigenvalue weighted by Gasteiger charge is 2.32. The first-order valence-electron chi connectivity index (χ1n) is 13.0. The third kappa shape index (κ3) is 8.60. The van der Waals surface area contributed by atoms with Crippen LogP contribution in [0.3, 0.4) is 0 Å². The Balaban J connectivity index is 1.78. The lowest BCUT2D eigenvalue weighted by Gasteiger charge is -2.23. The van der Waals surface area contributed by atoms with Crippen molar-refractivity contribution in [2.45, 2.75) is 52.6 Å². The maximum absolute atomic E-state index is 13.6. The number of benzene rings is 2. The van der Waals surface area contributed by atoms with E-state index >= 15 is 0 Å². The van der Waals surface area contributed by atoms with Crippen LogP contribution in [0.2, 0.25) is 0 Å². The monoisotopic (exact) mass is 533 g/mol. The number of nitrogens with one attached hydrogen (secondary N) is 1. The quantitative estimate of drug-likeness (QED) is 0.306. The second kappa shape index (κ2) is 13.5. The van der Waals surface area contributed by atoms with E-state index in [1.165, 1.54) is 9.80 Å². The molecule has 2 aromatic rings. The van der Waals surface area contributed by atoms with Gasteiger partial charge in [-0.2, -0.15) is 0 Å². The molecule has 9 heteroatoms. The number of anilines is 2. The van der Waals surface area contributed by atoms with Crippen LogP contribution in [-0.4, -0.2) is 60.6 Å². The topological polar surface area (TPSA) is 105 Å². The summed E-state index contributed by atoms with van der Waals surface area (Å²) in [4.78, 5) is 53.5. The van der Waals surface area contributed by atoms with Crippen LogP contribution in [0, 0.1) is 11.8 Å². The zero-order chi connectivity index (χ0) is 28.4. The number of amides is 3. The molecule has 0 saturated carbocycles. The lowest BCUT2D eigenvalue weighted by Crippen LogP contribution is -2.38. The first-order chi connectivity index (χ1) is 18.6. The number of esters is 1. The normalized spacial score (nSPS) is 13.1. The van der Waals surface area contributed by atoms with E-state index in [0.717, 1.165) is 0 Å². The van der Waals surface area contributed by atoms with E-state index in [2.05, 4.69) is 17.2 Å². The summed E-state index contributed by atoms with van der Waals surface area (Å²) < 4.78 is 10.2. The van der Waals surface area contributed by atoms with Crippen LogP contribution in [0.15, 0.2) is 48.5 Å². The molecule has 0 radical (unpaired) electrons. The molecule has 3 rings (SSSR count). The molecule has 0 spiro atoms. The third-order valence-corrected chi connectivity index (χ3v) is 5.62. The Morgan fingerprint density at radius 1 is 1.08 bits per heavy atom. The van der Waals surface area contributed by atoms with Gasteiger partial charge in [0.2, 0.25) is 0 Å². The van der Waals surface area contributed by atoms with E-state index in [0.29, 0.717) is 41.9 Å². The van der Waals surface area contributed by atoms with Crippen molar-refractivity contribution < 1.29 is 28.7 Å². The van der Waals surface area contributed by atoms with Gasteiger partial charge in [-0.05, 0) is 64.4 Å². The summed E-state index contributed by atoms with van der Waals surface area (Å²) in [5.74, 6) is 5.07. The van der Waals surface area contributed by atoms with Gasteiger partial charge in [-0.25, -0.2) is 4.79 Å². The van der Waals surface area contributed by atoms with Gasteiger partial charge in [0, 0.05) is 30.8 Å². The maximum Gasteiger partial charge on any atom is 0.407 e. The van der Waals surface area contributed by atoms with Crippen molar-refractivity contribution >= 4 is 35.3 Å². The fraction of sp³-hybridized carbons (Fsp3) is 0.400. The summed E-state index contributed by atoms with van der Waals surface area (Å²) in [5.41, 5.74) is 1.49. The van der Waals surface area contributed by atoms with E-state index in [1.54, 1.807) is 58.0 Å². The molecule has 206 valence electrons. The Morgan fingerprint density at radius 2 is 1.82 bits per heavy atom. The molecule has 0 aliphatic carbocycles. The van der Waals surface area contributed by atoms with Crippen LogP contribution in [0.5, 0.6) is 0 Å². The number of nitrogens with zero attached hydrogens (tertiary/aromatic N) is 2. The van der Waals surface area contributed by atoms with Crippen LogP contribution < -0.4 is 10.2 Å². The highest BCUT2D eigenvalue weighted by Crippen LogP contribution is 2.33. The zero-order valence-corrected chi connectivity index (χ0v) is 22.9. The van der Waals surface area contributed by atoms with E-state index < -0.39 is 17.7 Å². The number of alkyl carbamates (subject to hydrolysis) is 1. The lowest BCUT2D eigenvalue weighted by molar-refractivity contribution is -0.143. The van der Waals surface area contributed by atoms with Gasteiger partial charge in [0.05, 0.1) is 24.3 Å². The second-order valence-corrected chi connectivity index (χ2v) is 9.91. The summed E-state index contributed by atoms with van der Waals surface area (Å²) in [6.07, 6.45) is 0.684. The minimum Gasteiger partial charge on any atom is -0.466 e. The molecule has 3 amide bonds. The zero-order valence-electron chi connectivity index (χ0n) is 22.9. The molecule has 9 nitrogen and oxygen atoms in total. The van der Waals surface area contributed by atoms with Crippen molar-refractivity contribution in [3.63, 3.8) is 0 Å². The Labute approximate surface area is 229 Å². The highest BCUT2D eigenvalue weighted by molar-refractivity contribution is 6.13. The van der Waals surface area contributed by atoms with Crippen LogP contribution in [0.25, 0.3) is 0 Å². The first-order valence-corrected chi connectivity index (χ1v) is 13.0. The van der Waals surface area contributed by atoms with Crippen LogP contribution in [0.1, 0.15) is 62.9 Å². The molecule has 1 aliphatic heterocycles. The van der Waals surface area contributed by atoms with Crippen molar-refractivity contribution in [2.24, 2.45) is 0 Å². The molecule has 39 heavy (non-hydrogen) atoms. The van der Waals surface area contributed by atoms with Gasteiger partial charge in [-0.15, -0.1) is 0 Å². The summed E-state index contributed by atoms with van der Waals surface area (Å²) in [7, 11) is 0. The molecular formula is C30H35N3O6. The minimum atomic E-state index is -0.554. The van der Waals surface area contributed by atoms with Gasteiger partial charge in [0.1, 0.15) is 12.1 Å². The summed E-state index contributed by atoms with van der Waals surface area (Å²) in [5, 5.41) is 2.70. The van der Waals surface area contributed by atoms with Crippen LogP contribution in [0.4, 0.5) is 16.2 Å². The maximum atomic E-state index is 13.6. The molecule has 0 aromatic heterocycles. The molecule has 2 aromatic carbocycles. The number of unbranched alkanes of at least 4 members (excludes halogenated alkanes) is 1. The lowest BCUT2D eigenvalue weighted by atomic mass is 10.1. The molecule has 1 heterocycles. The standard InChI is InChI=1S/C30H35N3O6/c1-5-38-27(35)17-19-32-21-26(34)33(23-13-9-6-10-14-23)25-16-15-22(20-24(25)28(32)36)12-8-7-11-18-31-29(37)39-30(2,3)4/h6,9-10,13-16,20H,5,7,11,17-19,21H2,1-4H3,(H,31,37).